The normalized spacial score (nSPS) is 11.7. The fourth-order valence-electron chi connectivity index (χ4n) is 3.91. The van der Waals surface area contributed by atoms with Gasteiger partial charge >= 0.3 is 12.1 Å². The van der Waals surface area contributed by atoms with Crippen LogP contribution in [-0.2, 0) is 17.4 Å². The van der Waals surface area contributed by atoms with Crippen LogP contribution in [0.25, 0.3) is 28.0 Å². The van der Waals surface area contributed by atoms with E-state index >= 15 is 0 Å². The number of imidazole rings is 1. The van der Waals surface area contributed by atoms with Crippen LogP contribution >= 0.6 is 0 Å². The molecule has 2 aromatic heterocycles. The number of aryl methyl sites for hydroxylation is 1. The first-order valence-corrected chi connectivity index (χ1v) is 10.8. The van der Waals surface area contributed by atoms with Crippen LogP contribution in [0.2, 0.25) is 0 Å². The summed E-state index contributed by atoms with van der Waals surface area (Å²) in [5, 5.41) is 8.71. The van der Waals surface area contributed by atoms with E-state index in [2.05, 4.69) is 4.98 Å². The van der Waals surface area contributed by atoms with Crippen molar-refractivity contribution in [2.45, 2.75) is 38.3 Å². The molecule has 0 unspecified atom stereocenters. The lowest BCUT2D eigenvalue weighted by Gasteiger charge is -2.14. The fourth-order valence-corrected chi connectivity index (χ4v) is 3.91. The quantitative estimate of drug-likeness (QED) is 0.297. The molecule has 0 aliphatic carbocycles. The van der Waals surface area contributed by atoms with Gasteiger partial charge in [-0.2, -0.15) is 13.2 Å². The summed E-state index contributed by atoms with van der Waals surface area (Å²) in [4.78, 5) is 15.1. The number of rotatable bonds is 8. The number of unbranched alkanes of at least 4 members (excludes halogenated alkanes) is 2. The Balaban J connectivity index is 1.59. The summed E-state index contributed by atoms with van der Waals surface area (Å²) >= 11 is 0. The van der Waals surface area contributed by atoms with Gasteiger partial charge in [-0.25, -0.2) is 4.98 Å². The van der Waals surface area contributed by atoms with E-state index in [0.717, 1.165) is 30.9 Å². The molecule has 33 heavy (non-hydrogen) atoms. The van der Waals surface area contributed by atoms with Crippen LogP contribution in [0.1, 0.15) is 36.8 Å². The van der Waals surface area contributed by atoms with Crippen molar-refractivity contribution in [3.63, 3.8) is 0 Å². The number of hydrogen-bond acceptors (Lipinski definition) is 2. The van der Waals surface area contributed by atoms with Crippen LogP contribution in [0.3, 0.4) is 0 Å². The van der Waals surface area contributed by atoms with E-state index in [4.69, 9.17) is 5.11 Å². The van der Waals surface area contributed by atoms with Gasteiger partial charge in [-0.3, -0.25) is 4.79 Å². The second-order valence-electron chi connectivity index (χ2n) is 8.01. The van der Waals surface area contributed by atoms with Gasteiger partial charge in [0, 0.05) is 24.4 Å². The number of benzene rings is 2. The lowest BCUT2D eigenvalue weighted by molar-refractivity contribution is -0.138. The van der Waals surface area contributed by atoms with E-state index in [0.29, 0.717) is 28.9 Å². The van der Waals surface area contributed by atoms with E-state index in [-0.39, 0.29) is 12.0 Å². The highest BCUT2D eigenvalue weighted by Crippen LogP contribution is 2.39. The van der Waals surface area contributed by atoms with Gasteiger partial charge in [0.25, 0.3) is 0 Å². The molecule has 0 saturated heterocycles. The van der Waals surface area contributed by atoms with Gasteiger partial charge < -0.3 is 9.51 Å². The molecule has 4 rings (SSSR count). The molecule has 0 saturated carbocycles. The van der Waals surface area contributed by atoms with E-state index in [1.807, 2.05) is 18.3 Å². The molecule has 0 aliphatic heterocycles. The summed E-state index contributed by atoms with van der Waals surface area (Å²) in [6, 6.07) is 16.7. The van der Waals surface area contributed by atoms with Gasteiger partial charge in [-0.1, -0.05) is 48.9 Å². The molecule has 2 heterocycles. The molecule has 0 spiro atoms. The summed E-state index contributed by atoms with van der Waals surface area (Å²) in [5.41, 5.74) is 2.56. The van der Waals surface area contributed by atoms with Crippen LogP contribution in [0.4, 0.5) is 13.2 Å². The number of alkyl halides is 3. The Morgan fingerprint density at radius 3 is 2.45 bits per heavy atom. The minimum Gasteiger partial charge on any atom is -0.481 e. The maximum atomic E-state index is 13.8. The lowest BCUT2D eigenvalue weighted by atomic mass is 9.96. The highest BCUT2D eigenvalue weighted by Gasteiger charge is 2.34. The molecule has 0 radical (unpaired) electrons. The summed E-state index contributed by atoms with van der Waals surface area (Å²) in [6.07, 6.45) is 2.39. The first-order chi connectivity index (χ1) is 15.8. The molecule has 0 fully saturated rings. The molecule has 2 aromatic carbocycles. The molecule has 1 N–H and O–H groups in total. The second kappa shape index (κ2) is 9.48. The number of carboxylic acids is 1. The van der Waals surface area contributed by atoms with Crippen LogP contribution in [0, 0.1) is 0 Å². The monoisotopic (exact) mass is 452 g/mol. The molecular formula is C26H23F3N2O2. The van der Waals surface area contributed by atoms with Crippen molar-refractivity contribution < 1.29 is 23.1 Å². The topological polar surface area (TPSA) is 54.6 Å². The number of carbonyl (C=O) groups is 1. The number of halogens is 3. The molecule has 0 amide bonds. The lowest BCUT2D eigenvalue weighted by Crippen LogP contribution is -2.07. The van der Waals surface area contributed by atoms with E-state index < -0.39 is 17.7 Å². The molecule has 4 aromatic rings. The van der Waals surface area contributed by atoms with E-state index in [9.17, 15) is 18.0 Å². The Labute approximate surface area is 189 Å². The molecule has 0 bridgehead atoms. The zero-order valence-electron chi connectivity index (χ0n) is 17.8. The van der Waals surface area contributed by atoms with Gasteiger partial charge in [0.05, 0.1) is 11.3 Å². The third kappa shape index (κ3) is 5.42. The summed E-state index contributed by atoms with van der Waals surface area (Å²) in [7, 11) is 0. The number of aliphatic carboxylic acids is 1. The molecule has 0 atom stereocenters. The number of hydrogen-bond donors (Lipinski definition) is 1. The number of pyridine rings is 1. The summed E-state index contributed by atoms with van der Waals surface area (Å²) in [6.45, 7) is 0. The largest absolute Gasteiger partial charge is 0.481 e. The van der Waals surface area contributed by atoms with Gasteiger partial charge in [-0.05, 0) is 54.2 Å². The predicted molar refractivity (Wildman–Crippen MR) is 121 cm³/mol. The van der Waals surface area contributed by atoms with Crippen LogP contribution in [-0.4, -0.2) is 20.5 Å². The van der Waals surface area contributed by atoms with Gasteiger partial charge in [0.2, 0.25) is 0 Å². The zero-order chi connectivity index (χ0) is 23.4. The Hall–Kier alpha value is -3.61. The Morgan fingerprint density at radius 1 is 0.939 bits per heavy atom. The molecule has 170 valence electrons. The van der Waals surface area contributed by atoms with Crippen molar-refractivity contribution in [2.75, 3.05) is 0 Å². The predicted octanol–water partition coefficient (Wildman–Crippen LogP) is 6.87. The first kappa shape index (κ1) is 22.6. The van der Waals surface area contributed by atoms with Crippen LogP contribution < -0.4 is 0 Å². The highest BCUT2D eigenvalue weighted by molar-refractivity contribution is 5.74. The third-order valence-electron chi connectivity index (χ3n) is 5.59. The van der Waals surface area contributed by atoms with Crippen LogP contribution in [0.15, 0.2) is 73.1 Å². The first-order valence-electron chi connectivity index (χ1n) is 10.8. The van der Waals surface area contributed by atoms with Crippen molar-refractivity contribution in [3.05, 3.63) is 84.2 Å². The Morgan fingerprint density at radius 2 is 1.73 bits per heavy atom. The standard InChI is InChI=1S/C26H23F3N2O2/c27-26(28,29)22-16-20(11-12-21(22)19-8-4-2-5-9-19)23-17-31-14-13-18(15-24(31)30-23)7-3-1-6-10-25(32)33/h2,4-5,8-9,11-17H,1,3,6-7,10H2,(H,32,33). The van der Waals surface area contributed by atoms with Gasteiger partial charge in [0.1, 0.15) is 5.65 Å². The van der Waals surface area contributed by atoms with Crippen molar-refractivity contribution in [2.24, 2.45) is 0 Å². The maximum absolute atomic E-state index is 13.8. The minimum atomic E-state index is -4.49. The number of carboxylic acid groups (broad SMARTS) is 1. The fraction of sp³-hybridized carbons (Fsp3) is 0.231. The maximum Gasteiger partial charge on any atom is 0.417 e. The van der Waals surface area contributed by atoms with Gasteiger partial charge in [0.15, 0.2) is 0 Å². The second-order valence-corrected chi connectivity index (χ2v) is 8.01. The van der Waals surface area contributed by atoms with Crippen LogP contribution in [0.5, 0.6) is 0 Å². The SMILES string of the molecule is O=C(O)CCCCCc1ccn2cc(-c3ccc(-c4ccccc4)c(C(F)(F)F)c3)nc2c1. The molecular weight excluding hydrogens is 429 g/mol. The number of nitrogens with zero attached hydrogens (tertiary/aromatic N) is 2. The summed E-state index contributed by atoms with van der Waals surface area (Å²) in [5.74, 6) is -0.785. The highest BCUT2D eigenvalue weighted by atomic mass is 19.4. The van der Waals surface area contributed by atoms with E-state index in [1.54, 1.807) is 47.0 Å². The minimum absolute atomic E-state index is 0.140. The molecule has 7 heteroatoms. The summed E-state index contributed by atoms with van der Waals surface area (Å²) < 4.78 is 43.3. The van der Waals surface area contributed by atoms with Crippen molar-refractivity contribution in [1.29, 1.82) is 0 Å². The number of aromatic nitrogens is 2. The zero-order valence-corrected chi connectivity index (χ0v) is 17.8. The van der Waals surface area contributed by atoms with Crippen molar-refractivity contribution >= 4 is 11.6 Å². The van der Waals surface area contributed by atoms with Crippen molar-refractivity contribution in [1.82, 2.24) is 9.38 Å². The average Bonchev–Trinajstić information content (AvgIpc) is 3.22. The Kier molecular flexibility index (Phi) is 6.49. The Bertz CT molecular complexity index is 1260. The molecule has 0 aliphatic rings. The van der Waals surface area contributed by atoms with E-state index in [1.165, 1.54) is 6.07 Å². The van der Waals surface area contributed by atoms with Crippen molar-refractivity contribution in [3.8, 4) is 22.4 Å². The smallest absolute Gasteiger partial charge is 0.417 e. The molecule has 4 nitrogen and oxygen atoms in total. The number of fused-ring (bicyclic) bond motifs is 1. The third-order valence-corrected chi connectivity index (χ3v) is 5.59. The average molecular weight is 452 g/mol. The van der Waals surface area contributed by atoms with Gasteiger partial charge in [-0.15, -0.1) is 0 Å².